The van der Waals surface area contributed by atoms with E-state index in [1.54, 1.807) is 19.2 Å². The van der Waals surface area contributed by atoms with Crippen molar-refractivity contribution in [3.63, 3.8) is 0 Å². The molecule has 1 aromatic carbocycles. The lowest BCUT2D eigenvalue weighted by atomic mass is 10.0. The first-order valence-electron chi connectivity index (χ1n) is 9.66. The maximum absolute atomic E-state index is 12.5. The number of imide groups is 1. The number of rotatable bonds is 8. The minimum atomic E-state index is -0.653. The van der Waals surface area contributed by atoms with Crippen LogP contribution < -0.4 is 15.4 Å². The molecule has 0 radical (unpaired) electrons. The van der Waals surface area contributed by atoms with Crippen molar-refractivity contribution >= 4 is 17.8 Å². The molecule has 1 aromatic rings. The zero-order valence-electron chi connectivity index (χ0n) is 16.1. The summed E-state index contributed by atoms with van der Waals surface area (Å²) < 4.78 is 10.4. The van der Waals surface area contributed by atoms with Gasteiger partial charge in [-0.2, -0.15) is 0 Å². The molecule has 0 saturated carbocycles. The highest BCUT2D eigenvalue weighted by Crippen LogP contribution is 2.18. The predicted molar refractivity (Wildman–Crippen MR) is 102 cm³/mol. The van der Waals surface area contributed by atoms with Gasteiger partial charge in [0, 0.05) is 26.2 Å². The summed E-state index contributed by atoms with van der Waals surface area (Å²) in [5.74, 6) is 0.774. The molecular formula is C20H27N3O5. The predicted octanol–water partition coefficient (Wildman–Crippen LogP) is 1.44. The number of hydrogen-bond donors (Lipinski definition) is 2. The summed E-state index contributed by atoms with van der Waals surface area (Å²) in [6.45, 7) is 2.32. The minimum Gasteiger partial charge on any atom is -0.497 e. The zero-order valence-corrected chi connectivity index (χ0v) is 16.1. The normalized spacial score (nSPS) is 20.2. The number of methoxy groups -OCH3 is 1. The fourth-order valence-corrected chi connectivity index (χ4v) is 3.41. The lowest BCUT2D eigenvalue weighted by Crippen LogP contribution is -2.35. The van der Waals surface area contributed by atoms with Crippen LogP contribution in [0.2, 0.25) is 0 Å². The second-order valence-electron chi connectivity index (χ2n) is 7.17. The Morgan fingerprint density at radius 2 is 1.96 bits per heavy atom. The molecule has 2 fully saturated rings. The fraction of sp³-hybridized carbons (Fsp3) is 0.550. The number of amides is 4. The molecule has 3 rings (SSSR count). The number of urea groups is 1. The van der Waals surface area contributed by atoms with Crippen molar-refractivity contribution in [1.82, 2.24) is 15.5 Å². The van der Waals surface area contributed by atoms with E-state index in [2.05, 4.69) is 10.6 Å². The Morgan fingerprint density at radius 3 is 2.64 bits per heavy atom. The highest BCUT2D eigenvalue weighted by Gasteiger charge is 2.37. The van der Waals surface area contributed by atoms with Crippen molar-refractivity contribution < 1.29 is 23.9 Å². The number of carbonyl (C=O) groups is 3. The van der Waals surface area contributed by atoms with Gasteiger partial charge in [0.05, 0.1) is 13.7 Å². The molecule has 28 heavy (non-hydrogen) atoms. The smallest absolute Gasteiger partial charge is 0.325 e. The monoisotopic (exact) mass is 389 g/mol. The zero-order chi connectivity index (χ0) is 19.9. The van der Waals surface area contributed by atoms with Crippen molar-refractivity contribution in [2.75, 3.05) is 26.9 Å². The van der Waals surface area contributed by atoms with Crippen LogP contribution in [0, 0.1) is 5.92 Å². The maximum Gasteiger partial charge on any atom is 0.325 e. The summed E-state index contributed by atoms with van der Waals surface area (Å²) in [4.78, 5) is 37.9. The third-order valence-corrected chi connectivity index (χ3v) is 5.20. The van der Waals surface area contributed by atoms with Crippen LogP contribution >= 0.6 is 0 Å². The third-order valence-electron chi connectivity index (χ3n) is 5.20. The lowest BCUT2D eigenvalue weighted by Gasteiger charge is -2.22. The third kappa shape index (κ3) is 5.22. The van der Waals surface area contributed by atoms with E-state index in [0.29, 0.717) is 24.6 Å². The minimum absolute atomic E-state index is 0.0952. The van der Waals surface area contributed by atoms with Gasteiger partial charge in [-0.15, -0.1) is 0 Å². The standard InChI is InChI=1S/C20H27N3O5/c1-27-16-4-2-15(3-5-16)13-23-19(25)17(22-20(23)26)6-7-18(24)21-12-14-8-10-28-11-9-14/h2-5,14,17H,6-13H2,1H3,(H,21,24)(H,22,26)/t17-/m0/s1. The van der Waals surface area contributed by atoms with Crippen LogP contribution in [0.4, 0.5) is 4.79 Å². The summed E-state index contributed by atoms with van der Waals surface area (Å²) in [6, 6.07) is 6.13. The van der Waals surface area contributed by atoms with Crippen LogP contribution in [0.3, 0.4) is 0 Å². The summed E-state index contributed by atoms with van der Waals surface area (Å²) in [7, 11) is 1.58. The molecule has 0 aromatic heterocycles. The van der Waals surface area contributed by atoms with Crippen molar-refractivity contribution in [3.05, 3.63) is 29.8 Å². The van der Waals surface area contributed by atoms with Crippen LogP contribution in [0.25, 0.3) is 0 Å². The van der Waals surface area contributed by atoms with Gasteiger partial charge < -0.3 is 20.1 Å². The maximum atomic E-state index is 12.5. The quantitative estimate of drug-likeness (QED) is 0.656. The largest absolute Gasteiger partial charge is 0.497 e. The number of carbonyl (C=O) groups excluding carboxylic acids is 3. The molecule has 8 heteroatoms. The van der Waals surface area contributed by atoms with E-state index in [4.69, 9.17) is 9.47 Å². The number of nitrogens with zero attached hydrogens (tertiary/aromatic N) is 1. The molecule has 2 N–H and O–H groups in total. The SMILES string of the molecule is COc1ccc(CN2C(=O)N[C@@H](CCC(=O)NCC3CCOCC3)C2=O)cc1. The van der Waals surface area contributed by atoms with Gasteiger partial charge in [-0.1, -0.05) is 12.1 Å². The van der Waals surface area contributed by atoms with Crippen LogP contribution in [-0.2, 0) is 20.9 Å². The molecule has 0 aliphatic carbocycles. The summed E-state index contributed by atoms with van der Waals surface area (Å²) in [5.41, 5.74) is 0.833. The topological polar surface area (TPSA) is 97.0 Å². The molecule has 0 bridgehead atoms. The fourth-order valence-electron chi connectivity index (χ4n) is 3.41. The van der Waals surface area contributed by atoms with Gasteiger partial charge in [-0.3, -0.25) is 14.5 Å². The molecule has 2 aliphatic heterocycles. The van der Waals surface area contributed by atoms with E-state index in [9.17, 15) is 14.4 Å². The molecule has 152 valence electrons. The Kier molecular flexibility index (Phi) is 6.86. The van der Waals surface area contributed by atoms with Gasteiger partial charge in [-0.05, 0) is 42.9 Å². The average molecular weight is 389 g/mol. The van der Waals surface area contributed by atoms with Crippen LogP contribution in [0.1, 0.15) is 31.2 Å². The van der Waals surface area contributed by atoms with Crippen molar-refractivity contribution in [3.8, 4) is 5.75 Å². The molecule has 1 atom stereocenters. The number of nitrogens with one attached hydrogen (secondary N) is 2. The van der Waals surface area contributed by atoms with E-state index >= 15 is 0 Å². The molecule has 2 saturated heterocycles. The van der Waals surface area contributed by atoms with Gasteiger partial charge in [0.1, 0.15) is 11.8 Å². The summed E-state index contributed by atoms with van der Waals surface area (Å²) in [5, 5.41) is 5.59. The Hall–Kier alpha value is -2.61. The molecular weight excluding hydrogens is 362 g/mol. The van der Waals surface area contributed by atoms with Gasteiger partial charge in [0.2, 0.25) is 5.91 Å². The molecule has 4 amide bonds. The van der Waals surface area contributed by atoms with Crippen molar-refractivity contribution in [2.45, 2.75) is 38.3 Å². The van der Waals surface area contributed by atoms with E-state index in [1.165, 1.54) is 4.90 Å². The van der Waals surface area contributed by atoms with Crippen LogP contribution in [-0.4, -0.2) is 55.7 Å². The van der Waals surface area contributed by atoms with Gasteiger partial charge >= 0.3 is 6.03 Å². The van der Waals surface area contributed by atoms with E-state index in [0.717, 1.165) is 31.6 Å². The van der Waals surface area contributed by atoms with Gasteiger partial charge in [0.15, 0.2) is 0 Å². The van der Waals surface area contributed by atoms with Gasteiger partial charge in [0.25, 0.3) is 5.91 Å². The van der Waals surface area contributed by atoms with E-state index in [1.807, 2.05) is 12.1 Å². The number of hydrogen-bond acceptors (Lipinski definition) is 5. The van der Waals surface area contributed by atoms with E-state index < -0.39 is 12.1 Å². The second kappa shape index (κ2) is 9.54. The van der Waals surface area contributed by atoms with Crippen molar-refractivity contribution in [2.24, 2.45) is 5.92 Å². The summed E-state index contributed by atoms with van der Waals surface area (Å²) in [6.07, 6.45) is 2.41. The molecule has 2 aliphatic rings. The second-order valence-corrected chi connectivity index (χ2v) is 7.17. The van der Waals surface area contributed by atoms with E-state index in [-0.39, 0.29) is 24.8 Å². The highest BCUT2D eigenvalue weighted by molar-refractivity contribution is 6.04. The lowest BCUT2D eigenvalue weighted by molar-refractivity contribution is -0.128. The Labute approximate surface area is 164 Å². The first-order chi connectivity index (χ1) is 13.6. The Balaban J connectivity index is 1.44. The molecule has 8 nitrogen and oxygen atoms in total. The van der Waals surface area contributed by atoms with Crippen molar-refractivity contribution in [1.29, 1.82) is 0 Å². The number of benzene rings is 1. The van der Waals surface area contributed by atoms with Gasteiger partial charge in [-0.25, -0.2) is 4.79 Å². The Morgan fingerprint density at radius 1 is 1.25 bits per heavy atom. The number of ether oxygens (including phenoxy) is 2. The van der Waals surface area contributed by atoms with Crippen LogP contribution in [0.5, 0.6) is 5.75 Å². The summed E-state index contributed by atoms with van der Waals surface area (Å²) >= 11 is 0. The highest BCUT2D eigenvalue weighted by atomic mass is 16.5. The Bertz CT molecular complexity index is 700. The molecule has 0 unspecified atom stereocenters. The molecule has 2 heterocycles. The average Bonchev–Trinajstić information content (AvgIpc) is 2.99. The first-order valence-corrected chi connectivity index (χ1v) is 9.66. The first kappa shape index (κ1) is 20.1. The van der Waals surface area contributed by atoms with Crippen LogP contribution in [0.15, 0.2) is 24.3 Å². The molecule has 0 spiro atoms.